The van der Waals surface area contributed by atoms with Gasteiger partial charge in [0.05, 0.1) is 12.5 Å². The standard InChI is InChI=1S/C14H20O6/c1-4-12(15)19-8-13(16)20-10(3)9(2)7-11-5-6-18-14(11)17/h4,9-11H,1,5-8H2,2-3H3. The first-order valence-corrected chi connectivity index (χ1v) is 6.59. The van der Waals surface area contributed by atoms with Gasteiger partial charge in [-0.25, -0.2) is 9.59 Å². The van der Waals surface area contributed by atoms with Crippen molar-refractivity contribution in [1.29, 1.82) is 0 Å². The van der Waals surface area contributed by atoms with Crippen molar-refractivity contribution in [2.45, 2.75) is 32.8 Å². The lowest BCUT2D eigenvalue weighted by Crippen LogP contribution is -2.27. The maximum absolute atomic E-state index is 11.5. The summed E-state index contributed by atoms with van der Waals surface area (Å²) in [5, 5.41) is 0. The van der Waals surface area contributed by atoms with Crippen LogP contribution in [0.3, 0.4) is 0 Å². The van der Waals surface area contributed by atoms with Gasteiger partial charge in [0.2, 0.25) is 0 Å². The fourth-order valence-corrected chi connectivity index (χ4v) is 1.94. The summed E-state index contributed by atoms with van der Waals surface area (Å²) in [6, 6.07) is 0. The van der Waals surface area contributed by atoms with E-state index in [1.807, 2.05) is 6.92 Å². The maximum Gasteiger partial charge on any atom is 0.344 e. The van der Waals surface area contributed by atoms with Crippen LogP contribution in [-0.4, -0.2) is 37.2 Å². The third-order valence-corrected chi connectivity index (χ3v) is 3.32. The fraction of sp³-hybridized carbons (Fsp3) is 0.643. The quantitative estimate of drug-likeness (QED) is 0.397. The van der Waals surface area contributed by atoms with Gasteiger partial charge in [0.1, 0.15) is 6.10 Å². The normalized spacial score (nSPS) is 20.7. The molecule has 0 spiro atoms. The highest BCUT2D eigenvalue weighted by Gasteiger charge is 2.30. The lowest BCUT2D eigenvalue weighted by molar-refractivity contribution is -0.161. The molecular weight excluding hydrogens is 264 g/mol. The van der Waals surface area contributed by atoms with E-state index in [0.717, 1.165) is 6.08 Å². The molecule has 6 nitrogen and oxygen atoms in total. The van der Waals surface area contributed by atoms with Crippen molar-refractivity contribution in [3.05, 3.63) is 12.7 Å². The molecule has 0 aromatic heterocycles. The molecule has 0 N–H and O–H groups in total. The van der Waals surface area contributed by atoms with E-state index in [9.17, 15) is 14.4 Å². The van der Waals surface area contributed by atoms with Crippen LogP contribution in [0.25, 0.3) is 0 Å². The predicted molar refractivity (Wildman–Crippen MR) is 69.6 cm³/mol. The van der Waals surface area contributed by atoms with Crippen molar-refractivity contribution in [2.24, 2.45) is 11.8 Å². The summed E-state index contributed by atoms with van der Waals surface area (Å²) in [7, 11) is 0. The summed E-state index contributed by atoms with van der Waals surface area (Å²) >= 11 is 0. The number of carbonyl (C=O) groups excluding carboxylic acids is 3. The monoisotopic (exact) mass is 284 g/mol. The molecular formula is C14H20O6. The van der Waals surface area contributed by atoms with Crippen molar-refractivity contribution in [3.63, 3.8) is 0 Å². The van der Waals surface area contributed by atoms with Crippen molar-refractivity contribution < 1.29 is 28.6 Å². The van der Waals surface area contributed by atoms with Gasteiger partial charge < -0.3 is 14.2 Å². The lowest BCUT2D eigenvalue weighted by Gasteiger charge is -2.21. The van der Waals surface area contributed by atoms with Crippen LogP contribution in [0.1, 0.15) is 26.7 Å². The van der Waals surface area contributed by atoms with Crippen LogP contribution >= 0.6 is 0 Å². The minimum absolute atomic E-state index is 0.0182. The molecule has 1 heterocycles. The molecule has 6 heteroatoms. The van der Waals surface area contributed by atoms with E-state index in [4.69, 9.17) is 9.47 Å². The van der Waals surface area contributed by atoms with Gasteiger partial charge in [0.15, 0.2) is 6.61 Å². The van der Waals surface area contributed by atoms with E-state index in [2.05, 4.69) is 11.3 Å². The highest BCUT2D eigenvalue weighted by atomic mass is 16.6. The van der Waals surface area contributed by atoms with Crippen molar-refractivity contribution >= 4 is 17.9 Å². The Bertz CT molecular complexity index is 389. The molecule has 0 saturated carbocycles. The number of rotatable bonds is 7. The molecule has 0 aromatic rings. The van der Waals surface area contributed by atoms with Gasteiger partial charge in [-0.1, -0.05) is 13.5 Å². The Morgan fingerprint density at radius 1 is 1.50 bits per heavy atom. The summed E-state index contributed by atoms with van der Waals surface area (Å²) in [5.41, 5.74) is 0. The summed E-state index contributed by atoms with van der Waals surface area (Å²) in [6.07, 6.45) is 1.93. The molecule has 1 aliphatic rings. The number of carbonyl (C=O) groups is 3. The van der Waals surface area contributed by atoms with Crippen LogP contribution in [0.4, 0.5) is 0 Å². The van der Waals surface area contributed by atoms with Gasteiger partial charge in [0.25, 0.3) is 0 Å². The topological polar surface area (TPSA) is 78.9 Å². The molecule has 0 radical (unpaired) electrons. The molecule has 0 aromatic carbocycles. The molecule has 3 atom stereocenters. The number of hydrogen-bond acceptors (Lipinski definition) is 6. The first-order chi connectivity index (χ1) is 9.43. The zero-order chi connectivity index (χ0) is 15.1. The number of ether oxygens (including phenoxy) is 3. The second kappa shape index (κ2) is 7.67. The molecule has 1 rings (SSSR count). The van der Waals surface area contributed by atoms with E-state index >= 15 is 0 Å². The van der Waals surface area contributed by atoms with Gasteiger partial charge in [-0.3, -0.25) is 4.79 Å². The predicted octanol–water partition coefficient (Wildman–Crippen LogP) is 1.24. The Kier molecular flexibility index (Phi) is 6.21. The van der Waals surface area contributed by atoms with Crippen LogP contribution in [0, 0.1) is 11.8 Å². The van der Waals surface area contributed by atoms with Crippen molar-refractivity contribution in [2.75, 3.05) is 13.2 Å². The minimum atomic E-state index is -0.670. The first-order valence-electron chi connectivity index (χ1n) is 6.59. The summed E-state index contributed by atoms with van der Waals surface area (Å²) in [5.74, 6) is -1.57. The zero-order valence-electron chi connectivity index (χ0n) is 11.8. The lowest BCUT2D eigenvalue weighted by atomic mass is 9.91. The summed E-state index contributed by atoms with van der Waals surface area (Å²) in [6.45, 7) is 6.90. The second-order valence-electron chi connectivity index (χ2n) is 4.87. The van der Waals surface area contributed by atoms with E-state index in [1.165, 1.54) is 0 Å². The van der Waals surface area contributed by atoms with E-state index in [0.29, 0.717) is 19.4 Å². The smallest absolute Gasteiger partial charge is 0.344 e. The van der Waals surface area contributed by atoms with Crippen LogP contribution in [0.15, 0.2) is 12.7 Å². The van der Waals surface area contributed by atoms with E-state index < -0.39 is 18.5 Å². The van der Waals surface area contributed by atoms with Crippen LogP contribution < -0.4 is 0 Å². The molecule has 0 aliphatic carbocycles. The Hall–Kier alpha value is -1.85. The first kappa shape index (κ1) is 16.2. The molecule has 3 unspecified atom stereocenters. The Morgan fingerprint density at radius 2 is 2.20 bits per heavy atom. The van der Waals surface area contributed by atoms with Gasteiger partial charge in [-0.05, 0) is 25.7 Å². The largest absolute Gasteiger partial charge is 0.465 e. The summed E-state index contributed by atoms with van der Waals surface area (Å²) in [4.78, 5) is 33.6. The third-order valence-electron chi connectivity index (χ3n) is 3.32. The van der Waals surface area contributed by atoms with E-state index in [-0.39, 0.29) is 23.9 Å². The van der Waals surface area contributed by atoms with Crippen molar-refractivity contribution in [1.82, 2.24) is 0 Å². The van der Waals surface area contributed by atoms with Gasteiger partial charge in [0, 0.05) is 6.08 Å². The van der Waals surface area contributed by atoms with Crippen molar-refractivity contribution in [3.8, 4) is 0 Å². The highest BCUT2D eigenvalue weighted by Crippen LogP contribution is 2.25. The zero-order valence-corrected chi connectivity index (χ0v) is 11.8. The highest BCUT2D eigenvalue weighted by molar-refractivity contribution is 5.83. The molecule has 1 aliphatic heterocycles. The Morgan fingerprint density at radius 3 is 2.75 bits per heavy atom. The maximum atomic E-state index is 11.5. The SMILES string of the molecule is C=CC(=O)OCC(=O)OC(C)C(C)CC1CCOC1=O. The Labute approximate surface area is 118 Å². The number of esters is 3. The minimum Gasteiger partial charge on any atom is -0.465 e. The third kappa shape index (κ3) is 5.03. The average Bonchev–Trinajstić information content (AvgIpc) is 2.81. The van der Waals surface area contributed by atoms with Gasteiger partial charge in [-0.2, -0.15) is 0 Å². The molecule has 20 heavy (non-hydrogen) atoms. The average molecular weight is 284 g/mol. The molecule has 112 valence electrons. The molecule has 1 fully saturated rings. The van der Waals surface area contributed by atoms with Crippen LogP contribution in [-0.2, 0) is 28.6 Å². The van der Waals surface area contributed by atoms with Crippen LogP contribution in [0.5, 0.6) is 0 Å². The van der Waals surface area contributed by atoms with Gasteiger partial charge >= 0.3 is 17.9 Å². The number of cyclic esters (lactones) is 1. The molecule has 1 saturated heterocycles. The van der Waals surface area contributed by atoms with Crippen LogP contribution in [0.2, 0.25) is 0 Å². The van der Waals surface area contributed by atoms with Gasteiger partial charge in [-0.15, -0.1) is 0 Å². The number of hydrogen-bond donors (Lipinski definition) is 0. The fourth-order valence-electron chi connectivity index (χ4n) is 1.94. The molecule has 0 bridgehead atoms. The molecule has 0 amide bonds. The Balaban J connectivity index is 2.31. The van der Waals surface area contributed by atoms with E-state index in [1.54, 1.807) is 6.92 Å². The second-order valence-corrected chi connectivity index (χ2v) is 4.87. The summed E-state index contributed by atoms with van der Waals surface area (Å²) < 4.78 is 14.6.